The summed E-state index contributed by atoms with van der Waals surface area (Å²) in [5.41, 5.74) is 15.0. The van der Waals surface area contributed by atoms with Crippen molar-refractivity contribution in [2.45, 2.75) is 90.5 Å². The molecule has 3 aromatic carbocycles. The average Bonchev–Trinajstić information content (AvgIpc) is 3.06. The molecule has 46 heavy (non-hydrogen) atoms. The van der Waals surface area contributed by atoms with E-state index in [1.54, 1.807) is 30.9 Å². The van der Waals surface area contributed by atoms with Gasteiger partial charge in [-0.25, -0.2) is 4.79 Å². The highest BCUT2D eigenvalue weighted by molar-refractivity contribution is 6.33. The predicted octanol–water partition coefficient (Wildman–Crippen LogP) is 6.79. The molecule has 1 heterocycles. The van der Waals surface area contributed by atoms with Crippen LogP contribution in [0.15, 0.2) is 66.7 Å². The number of aryl methyl sites for hydroxylation is 1. The molecule has 0 bridgehead atoms. The molecule has 0 aromatic heterocycles. The van der Waals surface area contributed by atoms with Crippen molar-refractivity contribution in [1.29, 1.82) is 0 Å². The Morgan fingerprint density at radius 2 is 1.78 bits per heavy atom. The number of amides is 2. The van der Waals surface area contributed by atoms with Crippen molar-refractivity contribution < 1.29 is 19.4 Å². The Morgan fingerprint density at radius 1 is 1.09 bits per heavy atom. The largest absolute Gasteiger partial charge is 0.447 e. The first kappa shape index (κ1) is 37.0. The number of aliphatic hydroxyl groups is 1. The Bertz CT molecular complexity index is 1450. The number of carbonyl (C=O) groups excluding carboxylic acids is 2. The van der Waals surface area contributed by atoms with Gasteiger partial charge in [-0.15, -0.1) is 0 Å². The lowest BCUT2D eigenvalue weighted by atomic mass is 9.67. The van der Waals surface area contributed by atoms with Gasteiger partial charge in [0, 0.05) is 42.3 Å². The molecule has 6 N–H and O–H groups in total. The third-order valence-electron chi connectivity index (χ3n) is 8.48. The van der Waals surface area contributed by atoms with Crippen LogP contribution in [0.4, 0.5) is 4.79 Å². The Labute approximate surface area is 279 Å². The molecule has 1 saturated heterocycles. The maximum absolute atomic E-state index is 13.7. The zero-order valence-corrected chi connectivity index (χ0v) is 28.7. The smallest absolute Gasteiger partial charge is 0.407 e. The molecule has 250 valence electrons. The number of rotatable bonds is 11. The lowest BCUT2D eigenvalue weighted by Crippen LogP contribution is -2.67. The van der Waals surface area contributed by atoms with Gasteiger partial charge in [-0.3, -0.25) is 4.79 Å². The van der Waals surface area contributed by atoms with Crippen molar-refractivity contribution in [2.24, 2.45) is 11.5 Å². The summed E-state index contributed by atoms with van der Waals surface area (Å²) in [6, 6.07) is 20.9. The molecule has 2 unspecified atom stereocenters. The molecule has 0 spiro atoms. The summed E-state index contributed by atoms with van der Waals surface area (Å²) in [5.74, 6) is -0.148. The van der Waals surface area contributed by atoms with Crippen LogP contribution in [0.25, 0.3) is 11.1 Å². The van der Waals surface area contributed by atoms with E-state index in [4.69, 9.17) is 27.8 Å². The second-order valence-corrected chi connectivity index (χ2v) is 12.4. The number of nitrogens with zero attached hydrogens (tertiary/aromatic N) is 1. The van der Waals surface area contributed by atoms with Gasteiger partial charge < -0.3 is 31.5 Å². The molecule has 0 radical (unpaired) electrons. The second-order valence-electron chi connectivity index (χ2n) is 11.9. The van der Waals surface area contributed by atoms with Crippen molar-refractivity contribution in [2.75, 3.05) is 19.6 Å². The van der Waals surface area contributed by atoms with Crippen LogP contribution in [0.3, 0.4) is 0 Å². The van der Waals surface area contributed by atoms with Gasteiger partial charge in [-0.1, -0.05) is 80.9 Å². The van der Waals surface area contributed by atoms with Crippen molar-refractivity contribution in [3.8, 4) is 11.1 Å². The molecule has 9 heteroatoms. The maximum atomic E-state index is 13.7. The second kappa shape index (κ2) is 16.9. The number of ether oxygens (including phenoxy) is 1. The number of nitrogens with one attached hydrogen (secondary N) is 1. The number of alkyl carbamates (subject to hydrolysis) is 1. The minimum Gasteiger partial charge on any atom is -0.447 e. The van der Waals surface area contributed by atoms with Crippen molar-refractivity contribution in [3.63, 3.8) is 0 Å². The number of benzene rings is 3. The van der Waals surface area contributed by atoms with Crippen LogP contribution >= 0.6 is 11.6 Å². The van der Waals surface area contributed by atoms with Crippen LogP contribution in [0.5, 0.6) is 0 Å². The van der Waals surface area contributed by atoms with E-state index >= 15 is 0 Å². The molecular weight excluding hydrogens is 600 g/mol. The number of carbonyl (C=O) groups is 2. The summed E-state index contributed by atoms with van der Waals surface area (Å²) < 4.78 is 5.21. The zero-order chi connectivity index (χ0) is 33.9. The minimum absolute atomic E-state index is 0.144. The van der Waals surface area contributed by atoms with Crippen LogP contribution in [-0.2, 0) is 23.3 Å². The Kier molecular flexibility index (Phi) is 13.6. The number of nitrogens with two attached hydrogens (primary N) is 2. The molecule has 0 saturated carbocycles. The molecule has 3 aromatic rings. The highest BCUT2D eigenvalue weighted by Gasteiger charge is 2.52. The summed E-state index contributed by atoms with van der Waals surface area (Å²) in [6.45, 7) is 11.0. The van der Waals surface area contributed by atoms with Crippen LogP contribution < -0.4 is 16.8 Å². The molecular formula is C37H51ClN4O4. The van der Waals surface area contributed by atoms with Crippen LogP contribution in [0.1, 0.15) is 87.4 Å². The van der Waals surface area contributed by atoms with E-state index in [9.17, 15) is 14.7 Å². The van der Waals surface area contributed by atoms with Crippen LogP contribution in [-0.4, -0.2) is 53.3 Å². The van der Waals surface area contributed by atoms with E-state index in [1.165, 1.54) is 0 Å². The molecule has 8 nitrogen and oxygen atoms in total. The number of halogens is 1. The molecule has 2 amide bonds. The first-order chi connectivity index (χ1) is 22.0. The standard InChI is InChI=1S/C35H45ClN4O4.C2H6/c1-4-25-9-5-10-28(21-25)31-29(11-6-12-30(31)36)35(43,18-7-19-39-33(42)44-24(2)3)34(38)17-8-20-40(23-34)32(41)27-15-13-26(22-37)14-16-27;1-2/h5-6,9-16,21,24,43H,4,7-8,17-20,22-23,37-38H2,1-3H3,(H,39,42);1-2H3. The van der Waals surface area contributed by atoms with E-state index in [0.717, 1.165) is 23.1 Å². The number of piperidine rings is 1. The lowest BCUT2D eigenvalue weighted by Gasteiger charge is -2.51. The van der Waals surface area contributed by atoms with Gasteiger partial charge in [0.2, 0.25) is 0 Å². The van der Waals surface area contributed by atoms with E-state index in [1.807, 2.05) is 56.3 Å². The fourth-order valence-electron chi connectivity index (χ4n) is 6.11. The van der Waals surface area contributed by atoms with Crippen LogP contribution in [0, 0.1) is 0 Å². The van der Waals surface area contributed by atoms with Crippen molar-refractivity contribution in [1.82, 2.24) is 10.2 Å². The predicted molar refractivity (Wildman–Crippen MR) is 187 cm³/mol. The molecule has 4 rings (SSSR count). The Balaban J connectivity index is 0.00000282. The highest BCUT2D eigenvalue weighted by atomic mass is 35.5. The third kappa shape index (κ3) is 8.68. The van der Waals surface area contributed by atoms with Gasteiger partial charge in [0.05, 0.1) is 11.6 Å². The molecule has 1 aliphatic rings. The summed E-state index contributed by atoms with van der Waals surface area (Å²) >= 11 is 6.89. The van der Waals surface area contributed by atoms with Crippen LogP contribution in [0.2, 0.25) is 5.02 Å². The topological polar surface area (TPSA) is 131 Å². The lowest BCUT2D eigenvalue weighted by molar-refractivity contribution is -0.0742. The first-order valence-electron chi connectivity index (χ1n) is 16.4. The normalized spacial score (nSPS) is 17.5. The van der Waals surface area contributed by atoms with Gasteiger partial charge in [-0.2, -0.15) is 0 Å². The van der Waals surface area contributed by atoms with Crippen molar-refractivity contribution in [3.05, 3.63) is 94.0 Å². The van der Waals surface area contributed by atoms with E-state index in [-0.39, 0.29) is 31.5 Å². The van der Waals surface area contributed by atoms with Gasteiger partial charge >= 0.3 is 6.09 Å². The fourth-order valence-corrected chi connectivity index (χ4v) is 6.40. The molecule has 2 atom stereocenters. The summed E-state index contributed by atoms with van der Waals surface area (Å²) in [5, 5.41) is 16.2. The van der Waals surface area contributed by atoms with Gasteiger partial charge in [0.1, 0.15) is 5.60 Å². The van der Waals surface area contributed by atoms with Gasteiger partial charge in [-0.05, 0) is 86.4 Å². The Hall–Kier alpha value is -3.43. The Morgan fingerprint density at radius 3 is 2.43 bits per heavy atom. The average molecular weight is 651 g/mol. The third-order valence-corrected chi connectivity index (χ3v) is 8.80. The molecule has 1 fully saturated rings. The summed E-state index contributed by atoms with van der Waals surface area (Å²) in [7, 11) is 0. The quantitative estimate of drug-likeness (QED) is 0.169. The summed E-state index contributed by atoms with van der Waals surface area (Å²) in [4.78, 5) is 27.6. The SMILES string of the molecule is CC.CCc1cccc(-c2c(Cl)cccc2C(O)(CCCNC(=O)OC(C)C)C2(N)CCCN(C(=O)c3ccc(CN)cc3)C2)c1. The summed E-state index contributed by atoms with van der Waals surface area (Å²) in [6.07, 6.45) is 1.83. The van der Waals surface area contributed by atoms with Crippen molar-refractivity contribution >= 4 is 23.6 Å². The minimum atomic E-state index is -1.60. The number of likely N-dealkylation sites (tertiary alicyclic amines) is 1. The first-order valence-corrected chi connectivity index (χ1v) is 16.8. The molecule has 1 aliphatic heterocycles. The monoisotopic (exact) mass is 650 g/mol. The number of hydrogen-bond acceptors (Lipinski definition) is 6. The maximum Gasteiger partial charge on any atom is 0.407 e. The van der Waals surface area contributed by atoms with E-state index in [2.05, 4.69) is 24.4 Å². The van der Waals surface area contributed by atoms with E-state index in [0.29, 0.717) is 54.1 Å². The zero-order valence-electron chi connectivity index (χ0n) is 27.9. The van der Waals surface area contributed by atoms with Gasteiger partial charge in [0.15, 0.2) is 0 Å². The number of hydrogen-bond donors (Lipinski definition) is 4. The highest BCUT2D eigenvalue weighted by Crippen LogP contribution is 2.46. The molecule has 0 aliphatic carbocycles. The van der Waals surface area contributed by atoms with E-state index < -0.39 is 17.2 Å². The van der Waals surface area contributed by atoms with Gasteiger partial charge in [0.25, 0.3) is 5.91 Å². The fraction of sp³-hybridized carbons (Fsp3) is 0.459.